The van der Waals surface area contributed by atoms with Gasteiger partial charge in [0.25, 0.3) is 0 Å². The van der Waals surface area contributed by atoms with Gasteiger partial charge in [-0.3, -0.25) is 0 Å². The van der Waals surface area contributed by atoms with Crippen molar-refractivity contribution in [3.63, 3.8) is 0 Å². The smallest absolute Gasteiger partial charge is 0.133 e. The lowest BCUT2D eigenvalue weighted by Gasteiger charge is -2.05. The minimum Gasteiger partial charge on any atom is -0.185 e. The van der Waals surface area contributed by atoms with Crippen LogP contribution in [-0.4, -0.2) is 0 Å². The van der Waals surface area contributed by atoms with Gasteiger partial charge in [-0.05, 0) is 31.2 Å². The molecule has 1 rings (SSSR count). The Morgan fingerprint density at radius 1 is 1.33 bits per heavy atom. The molecule has 1 aromatic rings. The van der Waals surface area contributed by atoms with Gasteiger partial charge < -0.3 is 0 Å². The molecule has 0 N–H and O–H groups in total. The number of hydrogen-bond donors (Lipinski definition) is 0. The van der Waals surface area contributed by atoms with Crippen LogP contribution in [0.15, 0.2) is 24.3 Å². The predicted molar refractivity (Wildman–Crippen MR) is 52.8 cm³/mol. The number of benzene rings is 1. The molecule has 2 heteroatoms. The first-order valence-electron chi connectivity index (χ1n) is 3.85. The molecule has 0 aliphatic rings. The lowest BCUT2D eigenvalue weighted by atomic mass is 10.1. The third kappa shape index (κ3) is 2.28. The predicted octanol–water partition coefficient (Wildman–Crippen LogP) is 3.27. The summed E-state index contributed by atoms with van der Waals surface area (Å²) in [5.74, 6) is 0. The van der Waals surface area contributed by atoms with E-state index in [4.69, 9.17) is 5.26 Å². The molecule has 0 spiro atoms. The summed E-state index contributed by atoms with van der Waals surface area (Å²) in [6.07, 6.45) is 0. The Kier molecular flexibility index (Phi) is 3.19. The minimum atomic E-state index is 0.274. The van der Waals surface area contributed by atoms with Gasteiger partial charge in [-0.2, -0.15) is 5.26 Å². The van der Waals surface area contributed by atoms with Crippen LogP contribution in [0.5, 0.6) is 0 Å². The summed E-state index contributed by atoms with van der Waals surface area (Å²) in [7, 11) is 0. The third-order valence-electron chi connectivity index (χ3n) is 1.78. The molecule has 1 unspecified atom stereocenters. The van der Waals surface area contributed by atoms with Crippen molar-refractivity contribution in [3.05, 3.63) is 35.4 Å². The highest BCUT2D eigenvalue weighted by Crippen LogP contribution is 2.26. The topological polar surface area (TPSA) is 23.8 Å². The van der Waals surface area contributed by atoms with Crippen molar-refractivity contribution in [2.24, 2.45) is 0 Å². The van der Waals surface area contributed by atoms with Gasteiger partial charge in [0.2, 0.25) is 0 Å². The molecular formula is C10H11NS. The van der Waals surface area contributed by atoms with Gasteiger partial charge in [-0.15, -0.1) is 0 Å². The van der Waals surface area contributed by atoms with E-state index in [1.54, 1.807) is 0 Å². The third-order valence-corrected chi connectivity index (χ3v) is 2.51. The highest BCUT2D eigenvalue weighted by atomic mass is 32.2. The maximum absolute atomic E-state index is 8.47. The van der Waals surface area contributed by atoms with Crippen LogP contribution in [0.4, 0.5) is 0 Å². The van der Waals surface area contributed by atoms with E-state index in [9.17, 15) is 0 Å². The molecule has 0 aliphatic heterocycles. The number of aryl methyl sites for hydroxylation is 1. The molecular weight excluding hydrogens is 166 g/mol. The minimum absolute atomic E-state index is 0.274. The maximum Gasteiger partial charge on any atom is 0.133 e. The van der Waals surface area contributed by atoms with Crippen molar-refractivity contribution in [1.29, 1.82) is 5.26 Å². The molecule has 0 saturated heterocycles. The molecule has 0 aromatic heterocycles. The van der Waals surface area contributed by atoms with Gasteiger partial charge >= 0.3 is 0 Å². The largest absolute Gasteiger partial charge is 0.185 e. The Hall–Kier alpha value is -0.940. The standard InChI is InChI=1S/C10H11NS/c1-8-3-5-10(6-4-8)9(2)12-7-11/h3-6,9H,1-2H3. The first kappa shape index (κ1) is 9.15. The van der Waals surface area contributed by atoms with Crippen LogP contribution in [0.2, 0.25) is 0 Å². The highest BCUT2D eigenvalue weighted by molar-refractivity contribution is 8.03. The summed E-state index contributed by atoms with van der Waals surface area (Å²) in [5, 5.41) is 10.8. The monoisotopic (exact) mass is 177 g/mol. The summed E-state index contributed by atoms with van der Waals surface area (Å²) in [6, 6.07) is 8.29. The number of thioether (sulfide) groups is 1. The number of rotatable bonds is 2. The van der Waals surface area contributed by atoms with E-state index in [1.165, 1.54) is 22.9 Å². The van der Waals surface area contributed by atoms with Gasteiger partial charge in [-0.25, -0.2) is 0 Å². The Balaban J connectivity index is 2.76. The summed E-state index contributed by atoms with van der Waals surface area (Å²) >= 11 is 1.30. The molecule has 62 valence electrons. The maximum atomic E-state index is 8.47. The average molecular weight is 177 g/mol. The van der Waals surface area contributed by atoms with Crippen LogP contribution in [0.25, 0.3) is 0 Å². The lowest BCUT2D eigenvalue weighted by molar-refractivity contribution is 1.10. The summed E-state index contributed by atoms with van der Waals surface area (Å²) in [4.78, 5) is 0. The van der Waals surface area contributed by atoms with Crippen LogP contribution >= 0.6 is 11.8 Å². The molecule has 0 heterocycles. The summed E-state index contributed by atoms with van der Waals surface area (Å²) in [6.45, 7) is 4.10. The molecule has 1 aromatic carbocycles. The van der Waals surface area contributed by atoms with Gasteiger partial charge in [0.1, 0.15) is 5.40 Å². The fraction of sp³-hybridized carbons (Fsp3) is 0.300. The average Bonchev–Trinajstić information content (AvgIpc) is 2.06. The van der Waals surface area contributed by atoms with E-state index in [0.717, 1.165) is 0 Å². The highest BCUT2D eigenvalue weighted by Gasteiger charge is 2.03. The van der Waals surface area contributed by atoms with Crippen LogP contribution in [0.1, 0.15) is 23.3 Å². The van der Waals surface area contributed by atoms with Crippen LogP contribution in [0, 0.1) is 17.6 Å². The molecule has 0 saturated carbocycles. The Morgan fingerprint density at radius 2 is 1.92 bits per heavy atom. The van der Waals surface area contributed by atoms with Crippen molar-refractivity contribution >= 4 is 11.8 Å². The Bertz CT molecular complexity index is 284. The fourth-order valence-electron chi connectivity index (χ4n) is 0.985. The molecule has 1 nitrogen and oxygen atoms in total. The number of thiocyanates is 1. The summed E-state index contributed by atoms with van der Waals surface area (Å²) < 4.78 is 0. The van der Waals surface area contributed by atoms with Gasteiger partial charge in [-0.1, -0.05) is 29.8 Å². The van der Waals surface area contributed by atoms with E-state index >= 15 is 0 Å². The van der Waals surface area contributed by atoms with Crippen molar-refractivity contribution in [2.75, 3.05) is 0 Å². The van der Waals surface area contributed by atoms with Gasteiger partial charge in [0.15, 0.2) is 0 Å². The second kappa shape index (κ2) is 4.18. The molecule has 1 atom stereocenters. The molecule has 0 amide bonds. The number of nitrogens with zero attached hydrogens (tertiary/aromatic N) is 1. The zero-order valence-electron chi connectivity index (χ0n) is 7.24. The van der Waals surface area contributed by atoms with Crippen molar-refractivity contribution in [1.82, 2.24) is 0 Å². The Labute approximate surface area is 77.4 Å². The molecule has 0 aliphatic carbocycles. The number of nitriles is 1. The fourth-order valence-corrected chi connectivity index (χ4v) is 1.44. The van der Waals surface area contributed by atoms with E-state index < -0.39 is 0 Å². The number of hydrogen-bond acceptors (Lipinski definition) is 2. The lowest BCUT2D eigenvalue weighted by Crippen LogP contribution is -1.86. The first-order valence-corrected chi connectivity index (χ1v) is 4.73. The van der Waals surface area contributed by atoms with Crippen LogP contribution in [0.3, 0.4) is 0 Å². The van der Waals surface area contributed by atoms with E-state index in [1.807, 2.05) is 6.92 Å². The van der Waals surface area contributed by atoms with Crippen molar-refractivity contribution in [3.8, 4) is 5.40 Å². The second-order valence-electron chi connectivity index (χ2n) is 2.76. The molecule has 0 radical (unpaired) electrons. The van der Waals surface area contributed by atoms with E-state index in [-0.39, 0.29) is 5.25 Å². The van der Waals surface area contributed by atoms with Gasteiger partial charge in [0, 0.05) is 5.25 Å². The quantitative estimate of drug-likeness (QED) is 0.647. The second-order valence-corrected chi connectivity index (χ2v) is 3.89. The molecule has 12 heavy (non-hydrogen) atoms. The Morgan fingerprint density at radius 3 is 2.42 bits per heavy atom. The van der Waals surface area contributed by atoms with Crippen molar-refractivity contribution in [2.45, 2.75) is 19.1 Å². The van der Waals surface area contributed by atoms with Gasteiger partial charge in [0.05, 0.1) is 0 Å². The van der Waals surface area contributed by atoms with E-state index in [0.29, 0.717) is 0 Å². The zero-order valence-corrected chi connectivity index (χ0v) is 8.06. The molecule has 0 bridgehead atoms. The van der Waals surface area contributed by atoms with Crippen LogP contribution < -0.4 is 0 Å². The first-order chi connectivity index (χ1) is 5.74. The normalized spacial score (nSPS) is 12.1. The van der Waals surface area contributed by atoms with E-state index in [2.05, 4.69) is 36.6 Å². The molecule has 0 fully saturated rings. The summed E-state index contributed by atoms with van der Waals surface area (Å²) in [5.41, 5.74) is 2.47. The van der Waals surface area contributed by atoms with Crippen molar-refractivity contribution < 1.29 is 0 Å². The zero-order chi connectivity index (χ0) is 8.97. The van der Waals surface area contributed by atoms with Crippen LogP contribution in [-0.2, 0) is 0 Å². The SMILES string of the molecule is Cc1ccc(C(C)SC#N)cc1.